The molecule has 0 aliphatic heterocycles. The van der Waals surface area contributed by atoms with Crippen LogP contribution in [0.2, 0.25) is 0 Å². The Bertz CT molecular complexity index is 502. The zero-order valence-corrected chi connectivity index (χ0v) is 12.8. The summed E-state index contributed by atoms with van der Waals surface area (Å²) in [5.41, 5.74) is 1.10. The third-order valence-corrected chi connectivity index (χ3v) is 4.69. The Balaban J connectivity index is 1.52. The van der Waals surface area contributed by atoms with Crippen molar-refractivity contribution in [3.05, 3.63) is 41.7 Å². The monoisotopic (exact) mass is 307 g/mol. The Morgan fingerprint density at radius 1 is 1.40 bits per heavy atom. The minimum Gasteiger partial charge on any atom is -0.356 e. The van der Waals surface area contributed by atoms with Gasteiger partial charge in [-0.25, -0.2) is 4.98 Å². The highest BCUT2D eigenvalue weighted by atomic mass is 32.2. The van der Waals surface area contributed by atoms with Crippen LogP contribution in [0.15, 0.2) is 40.4 Å². The van der Waals surface area contributed by atoms with Crippen LogP contribution in [0.25, 0.3) is 0 Å². The molecule has 106 valence electrons. The predicted molar refractivity (Wildman–Crippen MR) is 83.0 cm³/mol. The number of amides is 1. The summed E-state index contributed by atoms with van der Waals surface area (Å²) in [7, 11) is 0. The lowest BCUT2D eigenvalue weighted by atomic mass is 10.1. The number of thioether (sulfide) groups is 1. The molecule has 2 rings (SSSR count). The number of nitrogens with one attached hydrogen (secondary N) is 1. The van der Waals surface area contributed by atoms with Gasteiger partial charge in [0, 0.05) is 42.7 Å². The number of aromatic nitrogens is 2. The lowest BCUT2D eigenvalue weighted by Crippen LogP contribution is -2.24. The van der Waals surface area contributed by atoms with Crippen LogP contribution in [0.1, 0.15) is 18.4 Å². The fourth-order valence-electron chi connectivity index (χ4n) is 1.63. The van der Waals surface area contributed by atoms with E-state index in [0.29, 0.717) is 6.42 Å². The van der Waals surface area contributed by atoms with Gasteiger partial charge in [-0.2, -0.15) is 0 Å². The predicted octanol–water partition coefficient (Wildman–Crippen LogP) is 2.77. The molecule has 20 heavy (non-hydrogen) atoms. The van der Waals surface area contributed by atoms with E-state index in [0.717, 1.165) is 35.0 Å². The van der Waals surface area contributed by atoms with Gasteiger partial charge in [-0.15, -0.1) is 11.3 Å². The first kappa shape index (κ1) is 15.0. The van der Waals surface area contributed by atoms with Crippen molar-refractivity contribution in [1.29, 1.82) is 0 Å². The van der Waals surface area contributed by atoms with E-state index in [-0.39, 0.29) is 5.91 Å². The molecule has 0 atom stereocenters. The second-order valence-corrected chi connectivity index (χ2v) is 6.45. The minimum atomic E-state index is 0.105. The van der Waals surface area contributed by atoms with Crippen molar-refractivity contribution in [3.8, 4) is 0 Å². The van der Waals surface area contributed by atoms with Gasteiger partial charge in [-0.1, -0.05) is 17.8 Å². The minimum absolute atomic E-state index is 0.105. The van der Waals surface area contributed by atoms with Crippen LogP contribution in [0.5, 0.6) is 0 Å². The van der Waals surface area contributed by atoms with Gasteiger partial charge in [0.15, 0.2) is 0 Å². The highest BCUT2D eigenvalue weighted by molar-refractivity contribution is 8.00. The highest BCUT2D eigenvalue weighted by Gasteiger charge is 2.02. The summed E-state index contributed by atoms with van der Waals surface area (Å²) in [6.45, 7) is 0.726. The number of thiazole rings is 1. The molecular formula is C14H17N3OS2. The smallest absolute Gasteiger partial charge is 0.220 e. The van der Waals surface area contributed by atoms with Gasteiger partial charge in [-0.3, -0.25) is 9.78 Å². The lowest BCUT2D eigenvalue weighted by Gasteiger charge is -2.04. The Morgan fingerprint density at radius 3 is 3.10 bits per heavy atom. The zero-order valence-electron chi connectivity index (χ0n) is 11.1. The van der Waals surface area contributed by atoms with E-state index in [2.05, 4.69) is 15.3 Å². The molecule has 6 heteroatoms. The summed E-state index contributed by atoms with van der Waals surface area (Å²) in [5, 5.41) is 4.92. The molecule has 0 aliphatic carbocycles. The maximum absolute atomic E-state index is 11.7. The molecule has 0 radical (unpaired) electrons. The van der Waals surface area contributed by atoms with E-state index < -0.39 is 0 Å². The molecule has 2 aromatic heterocycles. The van der Waals surface area contributed by atoms with Gasteiger partial charge in [0.1, 0.15) is 4.34 Å². The van der Waals surface area contributed by atoms with E-state index in [4.69, 9.17) is 0 Å². The van der Waals surface area contributed by atoms with E-state index in [1.165, 1.54) is 0 Å². The van der Waals surface area contributed by atoms with Crippen LogP contribution in [0.4, 0.5) is 0 Å². The number of hydrogen-bond acceptors (Lipinski definition) is 5. The van der Waals surface area contributed by atoms with Crippen molar-refractivity contribution in [2.45, 2.75) is 23.6 Å². The summed E-state index contributed by atoms with van der Waals surface area (Å²) in [4.78, 5) is 19.9. The van der Waals surface area contributed by atoms with Crippen molar-refractivity contribution in [1.82, 2.24) is 15.3 Å². The van der Waals surface area contributed by atoms with Gasteiger partial charge in [0.05, 0.1) is 0 Å². The van der Waals surface area contributed by atoms with Crippen molar-refractivity contribution in [2.24, 2.45) is 0 Å². The number of carbonyl (C=O) groups excluding carboxylic acids is 1. The first-order chi connectivity index (χ1) is 9.84. The van der Waals surface area contributed by atoms with Crippen LogP contribution >= 0.6 is 23.1 Å². The van der Waals surface area contributed by atoms with Gasteiger partial charge in [0.25, 0.3) is 0 Å². The maximum atomic E-state index is 11.7. The quantitative estimate of drug-likeness (QED) is 0.602. The average molecular weight is 307 g/mol. The molecule has 0 aliphatic rings. The third kappa shape index (κ3) is 5.71. The molecule has 0 spiro atoms. The zero-order chi connectivity index (χ0) is 14.0. The van der Waals surface area contributed by atoms with Crippen LogP contribution < -0.4 is 5.32 Å². The summed E-state index contributed by atoms with van der Waals surface area (Å²) in [5.74, 6) is 1.09. The molecule has 1 amide bonds. The van der Waals surface area contributed by atoms with E-state index in [9.17, 15) is 4.79 Å². The summed E-state index contributed by atoms with van der Waals surface area (Å²) in [6, 6.07) is 3.88. The third-order valence-electron chi connectivity index (χ3n) is 2.64. The Labute approximate surface area is 127 Å². The second-order valence-electron chi connectivity index (χ2n) is 4.21. The molecule has 4 nitrogen and oxygen atoms in total. The van der Waals surface area contributed by atoms with Crippen LogP contribution in [-0.4, -0.2) is 28.2 Å². The van der Waals surface area contributed by atoms with Crippen LogP contribution in [0.3, 0.4) is 0 Å². The molecule has 0 saturated carbocycles. The first-order valence-corrected chi connectivity index (χ1v) is 8.39. The molecule has 2 heterocycles. The molecule has 2 aromatic rings. The van der Waals surface area contributed by atoms with Gasteiger partial charge in [-0.05, 0) is 24.5 Å². The first-order valence-electron chi connectivity index (χ1n) is 6.52. The Morgan fingerprint density at radius 2 is 2.35 bits per heavy atom. The van der Waals surface area contributed by atoms with Crippen molar-refractivity contribution in [2.75, 3.05) is 12.3 Å². The van der Waals surface area contributed by atoms with E-state index >= 15 is 0 Å². The van der Waals surface area contributed by atoms with Crippen LogP contribution in [0, 0.1) is 0 Å². The van der Waals surface area contributed by atoms with Crippen molar-refractivity contribution < 1.29 is 4.79 Å². The number of carbonyl (C=O) groups is 1. The SMILES string of the molecule is O=C(CCc1cccnc1)NCCCSc1nccs1. The molecule has 1 N–H and O–H groups in total. The standard InChI is InChI=1S/C14H17N3OS2/c18-13(5-4-12-3-1-6-15-11-12)16-7-2-9-19-14-17-8-10-20-14/h1,3,6,8,10-11H,2,4-5,7,9H2,(H,16,18). The van der Waals surface area contributed by atoms with Crippen molar-refractivity contribution in [3.63, 3.8) is 0 Å². The molecule has 0 aromatic carbocycles. The normalized spacial score (nSPS) is 10.4. The molecule has 0 saturated heterocycles. The second kappa shape index (κ2) is 8.71. The van der Waals surface area contributed by atoms with Gasteiger partial charge >= 0.3 is 0 Å². The molecule has 0 bridgehead atoms. The Kier molecular flexibility index (Phi) is 6.53. The maximum Gasteiger partial charge on any atom is 0.220 e. The summed E-state index contributed by atoms with van der Waals surface area (Å²) >= 11 is 3.39. The summed E-state index contributed by atoms with van der Waals surface area (Å²) in [6.07, 6.45) is 7.58. The van der Waals surface area contributed by atoms with E-state index in [1.807, 2.05) is 23.7 Å². The highest BCUT2D eigenvalue weighted by Crippen LogP contribution is 2.20. The van der Waals surface area contributed by atoms with Crippen LogP contribution in [-0.2, 0) is 11.2 Å². The number of rotatable bonds is 8. The van der Waals surface area contributed by atoms with Crippen molar-refractivity contribution >= 4 is 29.0 Å². The molecular weight excluding hydrogens is 290 g/mol. The fraction of sp³-hybridized carbons (Fsp3) is 0.357. The topological polar surface area (TPSA) is 54.9 Å². The fourth-order valence-corrected chi connectivity index (χ4v) is 3.28. The number of aryl methyl sites for hydroxylation is 1. The van der Waals surface area contributed by atoms with Gasteiger partial charge < -0.3 is 5.32 Å². The molecule has 0 fully saturated rings. The molecule has 0 unspecified atom stereocenters. The number of pyridine rings is 1. The van der Waals surface area contributed by atoms with Gasteiger partial charge in [0.2, 0.25) is 5.91 Å². The average Bonchev–Trinajstić information content (AvgIpc) is 2.99. The Hall–Kier alpha value is -1.40. The van der Waals surface area contributed by atoms with E-state index in [1.54, 1.807) is 35.5 Å². The summed E-state index contributed by atoms with van der Waals surface area (Å²) < 4.78 is 1.09. The number of hydrogen-bond donors (Lipinski definition) is 1. The lowest BCUT2D eigenvalue weighted by molar-refractivity contribution is -0.121. The largest absolute Gasteiger partial charge is 0.356 e. The number of nitrogens with zero attached hydrogens (tertiary/aromatic N) is 2.